The minimum Gasteiger partial charge on any atom is -0.507 e. The number of likely N-dealkylation sites (tertiary alicyclic amines) is 1. The maximum atomic E-state index is 11.2. The molecule has 1 heterocycles. The first-order valence-corrected chi connectivity index (χ1v) is 11.7. The number of benzene rings is 2. The van der Waals surface area contributed by atoms with E-state index in [1.807, 2.05) is 24.3 Å². The molecule has 1 aliphatic heterocycles. The molecule has 0 atom stereocenters. The maximum Gasteiger partial charge on any atom is 0.123 e. The van der Waals surface area contributed by atoms with Crippen LogP contribution in [-0.2, 0) is 23.0 Å². The van der Waals surface area contributed by atoms with Gasteiger partial charge in [0.1, 0.15) is 5.75 Å². The van der Waals surface area contributed by atoms with E-state index < -0.39 is 5.60 Å². The van der Waals surface area contributed by atoms with Gasteiger partial charge in [0, 0.05) is 24.1 Å². The first-order valence-electron chi connectivity index (χ1n) is 10.9. The third-order valence-electron chi connectivity index (χ3n) is 6.26. The summed E-state index contributed by atoms with van der Waals surface area (Å²) < 4.78 is 1.03. The van der Waals surface area contributed by atoms with Crippen molar-refractivity contribution in [3.05, 3.63) is 63.1 Å². The Morgan fingerprint density at radius 1 is 0.900 bits per heavy atom. The van der Waals surface area contributed by atoms with Crippen molar-refractivity contribution < 1.29 is 10.2 Å². The quantitative estimate of drug-likeness (QED) is 0.554. The van der Waals surface area contributed by atoms with Crippen LogP contribution in [0.2, 0.25) is 0 Å². The fourth-order valence-corrected chi connectivity index (χ4v) is 4.58. The zero-order chi connectivity index (χ0) is 22.3. The van der Waals surface area contributed by atoms with Crippen LogP contribution in [0, 0.1) is 0 Å². The van der Waals surface area contributed by atoms with Gasteiger partial charge >= 0.3 is 0 Å². The summed E-state index contributed by atoms with van der Waals surface area (Å²) in [5.41, 5.74) is 3.26. The van der Waals surface area contributed by atoms with Crippen LogP contribution < -0.4 is 0 Å². The molecular formula is C26H36BrNO2. The second-order valence-corrected chi connectivity index (χ2v) is 11.8. The van der Waals surface area contributed by atoms with Crippen molar-refractivity contribution in [2.45, 2.75) is 77.4 Å². The van der Waals surface area contributed by atoms with Crippen molar-refractivity contribution >= 4 is 15.9 Å². The highest BCUT2D eigenvalue weighted by molar-refractivity contribution is 9.10. The molecule has 0 aliphatic carbocycles. The molecule has 0 spiro atoms. The molecule has 0 radical (unpaired) electrons. The van der Waals surface area contributed by atoms with E-state index >= 15 is 0 Å². The second-order valence-electron chi connectivity index (χ2n) is 10.9. The number of piperidine rings is 1. The van der Waals surface area contributed by atoms with E-state index in [2.05, 4.69) is 74.5 Å². The number of phenolic OH excluding ortho intramolecular Hbond substituents is 1. The summed E-state index contributed by atoms with van der Waals surface area (Å²) in [6.07, 6.45) is 1.45. The Morgan fingerprint density at radius 3 is 1.80 bits per heavy atom. The molecule has 164 valence electrons. The lowest BCUT2D eigenvalue weighted by molar-refractivity contribution is -0.0277. The van der Waals surface area contributed by atoms with Crippen molar-refractivity contribution in [2.75, 3.05) is 13.1 Å². The molecule has 3 rings (SSSR count). The number of rotatable bonds is 3. The molecule has 1 aliphatic rings. The highest BCUT2D eigenvalue weighted by Gasteiger charge is 2.34. The first kappa shape index (κ1) is 23.3. The predicted molar refractivity (Wildman–Crippen MR) is 128 cm³/mol. The van der Waals surface area contributed by atoms with E-state index in [4.69, 9.17) is 0 Å². The van der Waals surface area contributed by atoms with Gasteiger partial charge in [0.15, 0.2) is 0 Å². The van der Waals surface area contributed by atoms with Crippen molar-refractivity contribution in [1.29, 1.82) is 0 Å². The third kappa shape index (κ3) is 5.09. The number of aliphatic hydroxyl groups is 1. The van der Waals surface area contributed by atoms with Crippen molar-refractivity contribution in [3.63, 3.8) is 0 Å². The van der Waals surface area contributed by atoms with Crippen LogP contribution >= 0.6 is 15.9 Å². The van der Waals surface area contributed by atoms with Crippen molar-refractivity contribution in [3.8, 4) is 5.75 Å². The monoisotopic (exact) mass is 473 g/mol. The van der Waals surface area contributed by atoms with E-state index in [0.717, 1.165) is 53.6 Å². The van der Waals surface area contributed by atoms with Crippen LogP contribution in [-0.4, -0.2) is 28.2 Å². The molecule has 1 saturated heterocycles. The Kier molecular flexibility index (Phi) is 6.44. The number of aromatic hydroxyl groups is 1. The molecule has 2 N–H and O–H groups in total. The standard InChI is InChI=1S/C26H36BrNO2/c1-24(2,3)21-15-18(16-22(23(21)29)25(4,5)6)17-28-13-11-26(30,12-14-28)19-7-9-20(27)10-8-19/h7-10,15-16,29-30H,11-14,17H2,1-6H3. The maximum absolute atomic E-state index is 11.2. The molecule has 1 fully saturated rings. The minimum atomic E-state index is -0.751. The third-order valence-corrected chi connectivity index (χ3v) is 6.79. The van der Waals surface area contributed by atoms with Gasteiger partial charge < -0.3 is 10.2 Å². The molecule has 2 aromatic carbocycles. The fraction of sp³-hybridized carbons (Fsp3) is 0.538. The molecule has 0 unspecified atom stereocenters. The summed E-state index contributed by atoms with van der Waals surface area (Å²) in [7, 11) is 0. The molecular weight excluding hydrogens is 438 g/mol. The van der Waals surface area contributed by atoms with Crippen molar-refractivity contribution in [2.24, 2.45) is 0 Å². The van der Waals surface area contributed by atoms with Crippen LogP contribution in [0.5, 0.6) is 5.75 Å². The van der Waals surface area contributed by atoms with Gasteiger partial charge in [0.05, 0.1) is 5.60 Å². The van der Waals surface area contributed by atoms with Crippen molar-refractivity contribution in [1.82, 2.24) is 4.90 Å². The van der Waals surface area contributed by atoms with Gasteiger partial charge in [-0.3, -0.25) is 4.90 Å². The summed E-state index contributed by atoms with van der Waals surface area (Å²) in [6.45, 7) is 15.4. The zero-order valence-electron chi connectivity index (χ0n) is 19.2. The normalized spacial score (nSPS) is 17.9. The molecule has 4 heteroatoms. The summed E-state index contributed by atoms with van der Waals surface area (Å²) in [4.78, 5) is 2.42. The van der Waals surface area contributed by atoms with Gasteiger partial charge in [0.2, 0.25) is 0 Å². The van der Waals surface area contributed by atoms with E-state index in [-0.39, 0.29) is 10.8 Å². The molecule has 0 bridgehead atoms. The average Bonchev–Trinajstić information content (AvgIpc) is 2.63. The second kappa shape index (κ2) is 8.29. The Morgan fingerprint density at radius 2 is 1.37 bits per heavy atom. The molecule has 2 aromatic rings. The molecule has 3 nitrogen and oxygen atoms in total. The van der Waals surface area contributed by atoms with E-state index in [1.54, 1.807) is 0 Å². The first-order chi connectivity index (χ1) is 13.8. The Hall–Kier alpha value is -1.36. The number of halogens is 1. The smallest absolute Gasteiger partial charge is 0.123 e. The topological polar surface area (TPSA) is 43.7 Å². The van der Waals surface area contributed by atoms with Crippen LogP contribution in [0.4, 0.5) is 0 Å². The van der Waals surface area contributed by atoms with E-state index in [0.29, 0.717) is 5.75 Å². The minimum absolute atomic E-state index is 0.121. The number of hydrogen-bond donors (Lipinski definition) is 2. The highest BCUT2D eigenvalue weighted by Crippen LogP contribution is 2.40. The summed E-state index contributed by atoms with van der Waals surface area (Å²) in [5, 5.41) is 22.1. The van der Waals surface area contributed by atoms with Crippen LogP contribution in [0.1, 0.15) is 76.6 Å². The lowest BCUT2D eigenvalue weighted by atomic mass is 9.78. The average molecular weight is 474 g/mol. The molecule has 30 heavy (non-hydrogen) atoms. The Bertz CT molecular complexity index is 848. The fourth-order valence-electron chi connectivity index (χ4n) is 4.32. The number of phenols is 1. The van der Waals surface area contributed by atoms with Gasteiger partial charge in [-0.1, -0.05) is 81.7 Å². The van der Waals surface area contributed by atoms with Gasteiger partial charge in [-0.05, 0) is 58.1 Å². The summed E-state index contributed by atoms with van der Waals surface area (Å²) >= 11 is 3.47. The predicted octanol–water partition coefficient (Wildman–Crippen LogP) is 6.23. The Labute approximate surface area is 190 Å². The Balaban J connectivity index is 1.80. The summed E-state index contributed by atoms with van der Waals surface area (Å²) in [6, 6.07) is 12.4. The lowest BCUT2D eigenvalue weighted by Crippen LogP contribution is -2.42. The number of nitrogens with zero attached hydrogens (tertiary/aromatic N) is 1. The van der Waals surface area contributed by atoms with Gasteiger partial charge in [0.25, 0.3) is 0 Å². The van der Waals surface area contributed by atoms with E-state index in [9.17, 15) is 10.2 Å². The molecule has 0 saturated carbocycles. The largest absolute Gasteiger partial charge is 0.507 e. The SMILES string of the molecule is CC(C)(C)c1cc(CN2CCC(O)(c3ccc(Br)cc3)CC2)cc(C(C)(C)C)c1O. The lowest BCUT2D eigenvalue weighted by Gasteiger charge is -2.39. The molecule has 0 aromatic heterocycles. The summed E-state index contributed by atoms with van der Waals surface area (Å²) in [5.74, 6) is 0.432. The van der Waals surface area contributed by atoms with Crippen LogP contribution in [0.3, 0.4) is 0 Å². The number of hydrogen-bond acceptors (Lipinski definition) is 3. The highest BCUT2D eigenvalue weighted by atomic mass is 79.9. The molecule has 0 amide bonds. The van der Waals surface area contributed by atoms with Crippen LogP contribution in [0.25, 0.3) is 0 Å². The van der Waals surface area contributed by atoms with Crippen LogP contribution in [0.15, 0.2) is 40.9 Å². The van der Waals surface area contributed by atoms with Gasteiger partial charge in [-0.15, -0.1) is 0 Å². The van der Waals surface area contributed by atoms with Gasteiger partial charge in [-0.2, -0.15) is 0 Å². The van der Waals surface area contributed by atoms with Gasteiger partial charge in [-0.25, -0.2) is 0 Å². The zero-order valence-corrected chi connectivity index (χ0v) is 20.8. The van der Waals surface area contributed by atoms with E-state index in [1.165, 1.54) is 5.56 Å².